The van der Waals surface area contributed by atoms with E-state index in [0.717, 1.165) is 29.2 Å². The topological polar surface area (TPSA) is 91.0 Å². The van der Waals surface area contributed by atoms with Gasteiger partial charge in [-0.3, -0.25) is 9.59 Å². The number of urea groups is 1. The second-order valence-electron chi connectivity index (χ2n) is 7.80. The zero-order valence-corrected chi connectivity index (χ0v) is 18.0. The zero-order valence-electron chi connectivity index (χ0n) is 18.0. The number of benzene rings is 2. The second-order valence-corrected chi connectivity index (χ2v) is 7.80. The lowest BCUT2D eigenvalue weighted by Gasteiger charge is -2.28. The molecule has 2 saturated heterocycles. The summed E-state index contributed by atoms with van der Waals surface area (Å²) in [6.07, 6.45) is 5.31. The van der Waals surface area contributed by atoms with Gasteiger partial charge in [-0.05, 0) is 67.3 Å². The van der Waals surface area contributed by atoms with E-state index < -0.39 is 17.8 Å². The first kappa shape index (κ1) is 21.4. The van der Waals surface area contributed by atoms with E-state index in [2.05, 4.69) is 15.5 Å². The number of nitrogens with zero attached hydrogens (tertiary/aromatic N) is 2. The molecule has 2 aromatic carbocycles. The number of anilines is 2. The molecule has 2 fully saturated rings. The van der Waals surface area contributed by atoms with Crippen LogP contribution in [0.4, 0.5) is 16.2 Å². The number of ether oxygens (including phenoxy) is 1. The molecule has 2 aliphatic heterocycles. The van der Waals surface area contributed by atoms with Crippen LogP contribution < -0.4 is 20.3 Å². The van der Waals surface area contributed by atoms with Crippen LogP contribution in [0.15, 0.2) is 54.2 Å². The summed E-state index contributed by atoms with van der Waals surface area (Å²) in [5.41, 5.74) is 2.66. The predicted octanol–water partition coefficient (Wildman–Crippen LogP) is 3.22. The highest BCUT2D eigenvalue weighted by Crippen LogP contribution is 2.22. The number of hydrogen-bond acceptors (Lipinski definition) is 5. The summed E-state index contributed by atoms with van der Waals surface area (Å²) in [6, 6.07) is 14.1. The molecule has 2 N–H and O–H groups in total. The number of amides is 4. The molecule has 166 valence electrons. The standard InChI is InChI=1S/C24H26N4O4/c1-32-20-11-7-18(8-12-20)25-22(29)16-28-23(30)21(26-24(28)31)15-17-5-9-19(10-6-17)27-13-3-2-4-14-27/h5-12,15H,2-4,13-14,16H2,1H3,(H,25,29)(H,26,31)/b21-15-. The molecule has 8 heteroatoms. The van der Waals surface area contributed by atoms with Crippen molar-refractivity contribution in [3.05, 3.63) is 59.8 Å². The molecule has 2 aliphatic rings. The molecule has 0 aliphatic carbocycles. The Labute approximate surface area is 186 Å². The number of piperidine rings is 1. The van der Waals surface area contributed by atoms with Crippen molar-refractivity contribution in [3.8, 4) is 5.75 Å². The molecule has 2 heterocycles. The Balaban J connectivity index is 1.38. The number of imide groups is 1. The molecule has 0 spiro atoms. The van der Waals surface area contributed by atoms with Crippen LogP contribution in [0.2, 0.25) is 0 Å². The van der Waals surface area contributed by atoms with Gasteiger partial charge in [0.05, 0.1) is 7.11 Å². The van der Waals surface area contributed by atoms with Crippen LogP contribution in [-0.2, 0) is 9.59 Å². The minimum absolute atomic E-state index is 0.151. The largest absolute Gasteiger partial charge is 0.497 e. The van der Waals surface area contributed by atoms with E-state index in [9.17, 15) is 14.4 Å². The summed E-state index contributed by atoms with van der Waals surface area (Å²) >= 11 is 0. The van der Waals surface area contributed by atoms with Gasteiger partial charge in [-0.1, -0.05) is 12.1 Å². The highest BCUT2D eigenvalue weighted by molar-refractivity contribution is 6.15. The van der Waals surface area contributed by atoms with E-state index in [1.807, 2.05) is 24.3 Å². The summed E-state index contributed by atoms with van der Waals surface area (Å²) in [5, 5.41) is 5.23. The van der Waals surface area contributed by atoms with Gasteiger partial charge >= 0.3 is 6.03 Å². The fourth-order valence-electron chi connectivity index (χ4n) is 3.83. The van der Waals surface area contributed by atoms with Gasteiger partial charge in [-0.25, -0.2) is 9.69 Å². The van der Waals surface area contributed by atoms with E-state index >= 15 is 0 Å². The first-order valence-electron chi connectivity index (χ1n) is 10.7. The molecule has 2 aromatic rings. The molecule has 4 amide bonds. The first-order valence-corrected chi connectivity index (χ1v) is 10.7. The number of nitrogens with one attached hydrogen (secondary N) is 2. The van der Waals surface area contributed by atoms with Gasteiger partial charge in [-0.2, -0.15) is 0 Å². The first-order chi connectivity index (χ1) is 15.5. The molecule has 4 rings (SSSR count). The van der Waals surface area contributed by atoms with Crippen LogP contribution in [0.25, 0.3) is 6.08 Å². The van der Waals surface area contributed by atoms with Crippen molar-refractivity contribution in [3.63, 3.8) is 0 Å². The summed E-state index contributed by atoms with van der Waals surface area (Å²) < 4.78 is 5.08. The van der Waals surface area contributed by atoms with Crippen molar-refractivity contribution >= 4 is 35.3 Å². The predicted molar refractivity (Wildman–Crippen MR) is 122 cm³/mol. The molecule has 0 bridgehead atoms. The highest BCUT2D eigenvalue weighted by atomic mass is 16.5. The second kappa shape index (κ2) is 9.55. The smallest absolute Gasteiger partial charge is 0.329 e. The highest BCUT2D eigenvalue weighted by Gasteiger charge is 2.34. The van der Waals surface area contributed by atoms with Crippen molar-refractivity contribution in [1.29, 1.82) is 0 Å². The normalized spacial score (nSPS) is 17.5. The molecule has 0 radical (unpaired) electrons. The summed E-state index contributed by atoms with van der Waals surface area (Å²) in [4.78, 5) is 40.5. The van der Waals surface area contributed by atoms with Crippen molar-refractivity contribution in [2.45, 2.75) is 19.3 Å². The van der Waals surface area contributed by atoms with Crippen LogP contribution in [0.3, 0.4) is 0 Å². The number of carbonyl (C=O) groups excluding carboxylic acids is 3. The van der Waals surface area contributed by atoms with Crippen molar-refractivity contribution in [2.75, 3.05) is 37.0 Å². The number of rotatable bonds is 6. The third-order valence-corrected chi connectivity index (χ3v) is 5.56. The van der Waals surface area contributed by atoms with Gasteiger partial charge in [-0.15, -0.1) is 0 Å². The third-order valence-electron chi connectivity index (χ3n) is 5.56. The Hall–Kier alpha value is -3.81. The molecular weight excluding hydrogens is 408 g/mol. The Morgan fingerprint density at radius 3 is 2.38 bits per heavy atom. The van der Waals surface area contributed by atoms with Gasteiger partial charge < -0.3 is 20.3 Å². The van der Waals surface area contributed by atoms with E-state index in [1.54, 1.807) is 37.5 Å². The average molecular weight is 434 g/mol. The van der Waals surface area contributed by atoms with E-state index in [-0.39, 0.29) is 12.2 Å². The summed E-state index contributed by atoms with van der Waals surface area (Å²) in [5.74, 6) is -0.332. The van der Waals surface area contributed by atoms with E-state index in [1.165, 1.54) is 19.3 Å². The van der Waals surface area contributed by atoms with Crippen LogP contribution >= 0.6 is 0 Å². The Morgan fingerprint density at radius 2 is 1.72 bits per heavy atom. The van der Waals surface area contributed by atoms with Crippen LogP contribution in [0, 0.1) is 0 Å². The zero-order chi connectivity index (χ0) is 22.5. The molecule has 0 atom stereocenters. The molecular formula is C24H26N4O4. The van der Waals surface area contributed by atoms with Crippen molar-refractivity contribution in [1.82, 2.24) is 10.2 Å². The van der Waals surface area contributed by atoms with Crippen LogP contribution in [0.5, 0.6) is 5.75 Å². The lowest BCUT2D eigenvalue weighted by molar-refractivity contribution is -0.127. The quantitative estimate of drug-likeness (QED) is 0.538. The van der Waals surface area contributed by atoms with Crippen LogP contribution in [0.1, 0.15) is 24.8 Å². The van der Waals surface area contributed by atoms with Crippen LogP contribution in [-0.4, -0.2) is 49.5 Å². The molecule has 0 aromatic heterocycles. The molecule has 0 saturated carbocycles. The SMILES string of the molecule is COc1ccc(NC(=O)CN2C(=O)N/C(=C\c3ccc(N4CCCCC4)cc3)C2=O)cc1. The van der Waals surface area contributed by atoms with Crippen molar-refractivity contribution < 1.29 is 19.1 Å². The maximum atomic E-state index is 12.7. The van der Waals surface area contributed by atoms with E-state index in [4.69, 9.17) is 4.74 Å². The van der Waals surface area contributed by atoms with E-state index in [0.29, 0.717) is 11.4 Å². The minimum Gasteiger partial charge on any atom is -0.497 e. The lowest BCUT2D eigenvalue weighted by Crippen LogP contribution is -2.38. The fourth-order valence-corrected chi connectivity index (χ4v) is 3.83. The fraction of sp³-hybridized carbons (Fsp3) is 0.292. The average Bonchev–Trinajstić information content (AvgIpc) is 3.08. The monoisotopic (exact) mass is 434 g/mol. The molecule has 0 unspecified atom stereocenters. The van der Waals surface area contributed by atoms with Gasteiger partial charge in [0.1, 0.15) is 18.0 Å². The third kappa shape index (κ3) is 4.91. The summed E-state index contributed by atoms with van der Waals surface area (Å²) in [6.45, 7) is 1.74. The summed E-state index contributed by atoms with van der Waals surface area (Å²) in [7, 11) is 1.55. The Kier molecular flexibility index (Phi) is 6.39. The number of methoxy groups -OCH3 is 1. The Bertz CT molecular complexity index is 1020. The Morgan fingerprint density at radius 1 is 1.03 bits per heavy atom. The maximum absolute atomic E-state index is 12.7. The minimum atomic E-state index is -0.615. The van der Waals surface area contributed by atoms with Gasteiger partial charge in [0.15, 0.2) is 0 Å². The number of carbonyl (C=O) groups is 3. The van der Waals surface area contributed by atoms with Crippen molar-refractivity contribution in [2.24, 2.45) is 0 Å². The lowest BCUT2D eigenvalue weighted by atomic mass is 10.1. The van der Waals surface area contributed by atoms with Gasteiger partial charge in [0.25, 0.3) is 5.91 Å². The number of hydrogen-bond donors (Lipinski definition) is 2. The van der Waals surface area contributed by atoms with Gasteiger partial charge in [0, 0.05) is 24.5 Å². The maximum Gasteiger partial charge on any atom is 0.329 e. The van der Waals surface area contributed by atoms with Gasteiger partial charge in [0.2, 0.25) is 5.91 Å². The molecule has 8 nitrogen and oxygen atoms in total. The molecule has 32 heavy (non-hydrogen) atoms.